The van der Waals surface area contributed by atoms with Crippen LogP contribution in [-0.4, -0.2) is 17.4 Å². The van der Waals surface area contributed by atoms with E-state index in [1.54, 1.807) is 20.8 Å². The zero-order valence-corrected chi connectivity index (χ0v) is 14.4. The lowest BCUT2D eigenvalue weighted by Crippen LogP contribution is -2.35. The molecule has 0 saturated carbocycles. The third-order valence-electron chi connectivity index (χ3n) is 3.08. The SMILES string of the molecule is CCCN(C(=O)C(C)C)c1ccc([N+](=O)[O-])c(C(F)(F)F)c1Br. The van der Waals surface area contributed by atoms with Gasteiger partial charge < -0.3 is 4.90 Å². The van der Waals surface area contributed by atoms with Crippen molar-refractivity contribution in [2.75, 3.05) is 11.4 Å². The summed E-state index contributed by atoms with van der Waals surface area (Å²) in [5.41, 5.74) is -2.47. The molecule has 0 heterocycles. The predicted molar refractivity (Wildman–Crippen MR) is 83.3 cm³/mol. The number of halogens is 4. The van der Waals surface area contributed by atoms with Gasteiger partial charge in [-0.25, -0.2) is 0 Å². The van der Waals surface area contributed by atoms with Gasteiger partial charge in [0.25, 0.3) is 5.69 Å². The lowest BCUT2D eigenvalue weighted by molar-refractivity contribution is -0.388. The van der Waals surface area contributed by atoms with Crippen LogP contribution in [0.2, 0.25) is 0 Å². The Morgan fingerprint density at radius 2 is 1.96 bits per heavy atom. The second-order valence-corrected chi connectivity index (χ2v) is 5.99. The Morgan fingerprint density at radius 1 is 1.39 bits per heavy atom. The van der Waals surface area contributed by atoms with Crippen LogP contribution in [0.15, 0.2) is 16.6 Å². The number of hydrogen-bond donors (Lipinski definition) is 0. The van der Waals surface area contributed by atoms with E-state index >= 15 is 0 Å². The highest BCUT2D eigenvalue weighted by Gasteiger charge is 2.42. The molecule has 0 atom stereocenters. The number of alkyl halides is 3. The Balaban J connectivity index is 3.59. The van der Waals surface area contributed by atoms with Crippen molar-refractivity contribution in [2.24, 2.45) is 5.92 Å². The summed E-state index contributed by atoms with van der Waals surface area (Å²) in [4.78, 5) is 23.3. The van der Waals surface area contributed by atoms with Crippen LogP contribution in [0.25, 0.3) is 0 Å². The minimum Gasteiger partial charge on any atom is -0.311 e. The molecule has 0 aromatic heterocycles. The third-order valence-corrected chi connectivity index (χ3v) is 3.88. The molecule has 0 saturated heterocycles. The quantitative estimate of drug-likeness (QED) is 0.531. The Morgan fingerprint density at radius 3 is 2.35 bits per heavy atom. The third kappa shape index (κ3) is 4.21. The molecule has 1 rings (SSSR count). The normalized spacial score (nSPS) is 11.7. The molecule has 0 radical (unpaired) electrons. The fourth-order valence-electron chi connectivity index (χ4n) is 2.07. The van der Waals surface area contributed by atoms with Crippen LogP contribution in [0.5, 0.6) is 0 Å². The number of carbonyl (C=O) groups is 1. The molecule has 0 fully saturated rings. The predicted octanol–water partition coefficient (Wildman–Crippen LogP) is 4.78. The Kier molecular flexibility index (Phi) is 6.15. The van der Waals surface area contributed by atoms with Gasteiger partial charge in [-0.1, -0.05) is 20.8 Å². The van der Waals surface area contributed by atoms with Gasteiger partial charge in [0.1, 0.15) is 5.56 Å². The highest BCUT2D eigenvalue weighted by Crippen LogP contribution is 2.45. The van der Waals surface area contributed by atoms with Crippen molar-refractivity contribution >= 4 is 33.2 Å². The minimum absolute atomic E-state index is 0.0246. The Labute approximate surface area is 139 Å². The van der Waals surface area contributed by atoms with Crippen molar-refractivity contribution in [1.82, 2.24) is 0 Å². The van der Waals surface area contributed by atoms with Gasteiger partial charge in [0.2, 0.25) is 5.91 Å². The number of nitro groups is 1. The molecule has 0 bridgehead atoms. The molecule has 0 aliphatic rings. The summed E-state index contributed by atoms with van der Waals surface area (Å²) in [6.07, 6.45) is -4.39. The van der Waals surface area contributed by atoms with Gasteiger partial charge in [-0.05, 0) is 28.4 Å². The number of nitrogens with zero attached hydrogens (tertiary/aromatic N) is 2. The average Bonchev–Trinajstić information content (AvgIpc) is 2.42. The van der Waals surface area contributed by atoms with Gasteiger partial charge in [0.15, 0.2) is 0 Å². The van der Waals surface area contributed by atoms with Gasteiger partial charge in [-0.2, -0.15) is 13.2 Å². The maximum atomic E-state index is 13.2. The molecular weight excluding hydrogens is 381 g/mol. The summed E-state index contributed by atoms with van der Waals surface area (Å²) < 4.78 is 39.2. The topological polar surface area (TPSA) is 63.5 Å². The van der Waals surface area contributed by atoms with Crippen LogP contribution in [0, 0.1) is 16.0 Å². The van der Waals surface area contributed by atoms with Crippen LogP contribution in [-0.2, 0) is 11.0 Å². The molecular formula is C14H16BrF3N2O3. The van der Waals surface area contributed by atoms with E-state index in [4.69, 9.17) is 0 Å². The van der Waals surface area contributed by atoms with Gasteiger partial charge in [0, 0.05) is 18.5 Å². The van der Waals surface area contributed by atoms with Crippen molar-refractivity contribution in [3.05, 3.63) is 32.3 Å². The molecule has 5 nitrogen and oxygen atoms in total. The van der Waals surface area contributed by atoms with Crippen molar-refractivity contribution in [2.45, 2.75) is 33.4 Å². The van der Waals surface area contributed by atoms with Gasteiger partial charge in [0.05, 0.1) is 15.1 Å². The first-order chi connectivity index (χ1) is 10.5. The van der Waals surface area contributed by atoms with Crippen molar-refractivity contribution in [3.8, 4) is 0 Å². The molecule has 0 N–H and O–H groups in total. The summed E-state index contributed by atoms with van der Waals surface area (Å²) >= 11 is 2.81. The number of benzene rings is 1. The summed E-state index contributed by atoms with van der Waals surface area (Å²) in [5, 5.41) is 10.9. The monoisotopic (exact) mass is 396 g/mol. The van der Waals surface area contributed by atoms with Crippen molar-refractivity contribution in [1.29, 1.82) is 0 Å². The zero-order chi connectivity index (χ0) is 17.9. The maximum absolute atomic E-state index is 13.2. The molecule has 0 aliphatic heterocycles. The van der Waals surface area contributed by atoms with Crippen molar-refractivity contribution in [3.63, 3.8) is 0 Å². The van der Waals surface area contributed by atoms with Crippen molar-refractivity contribution < 1.29 is 22.9 Å². The standard InChI is InChI=1S/C14H16BrF3N2O3/c1-4-7-19(13(21)8(2)3)10-6-5-9(20(22)23)11(12(10)15)14(16,17)18/h5-6,8H,4,7H2,1-3H3. The first-order valence-corrected chi connectivity index (χ1v) is 7.67. The molecule has 1 aromatic rings. The highest BCUT2D eigenvalue weighted by atomic mass is 79.9. The molecule has 128 valence electrons. The van der Waals surface area contributed by atoms with E-state index in [0.717, 1.165) is 12.1 Å². The zero-order valence-electron chi connectivity index (χ0n) is 12.8. The van der Waals surface area contributed by atoms with Gasteiger partial charge >= 0.3 is 6.18 Å². The average molecular weight is 397 g/mol. The number of nitro benzene ring substituents is 1. The number of rotatable bonds is 5. The van der Waals surface area contributed by atoms with Crippen LogP contribution in [0.4, 0.5) is 24.5 Å². The summed E-state index contributed by atoms with van der Waals surface area (Å²) in [7, 11) is 0. The van der Waals surface area contributed by atoms with E-state index < -0.39 is 32.7 Å². The van der Waals surface area contributed by atoms with Gasteiger partial charge in [-0.3, -0.25) is 14.9 Å². The Bertz CT molecular complexity index is 618. The van der Waals surface area contributed by atoms with Crippen LogP contribution < -0.4 is 4.90 Å². The van der Waals surface area contributed by atoms with E-state index in [0.29, 0.717) is 6.42 Å². The summed E-state index contributed by atoms with van der Waals surface area (Å²) in [6.45, 7) is 5.26. The number of carbonyl (C=O) groups excluding carboxylic acids is 1. The minimum atomic E-state index is -4.92. The van der Waals surface area contributed by atoms with Crippen LogP contribution >= 0.6 is 15.9 Å². The summed E-state index contributed by atoms with van der Waals surface area (Å²) in [5.74, 6) is -0.771. The lowest BCUT2D eigenvalue weighted by Gasteiger charge is -2.26. The van der Waals surface area contributed by atoms with E-state index in [1.807, 2.05) is 0 Å². The first-order valence-electron chi connectivity index (χ1n) is 6.87. The number of amides is 1. The molecule has 23 heavy (non-hydrogen) atoms. The first kappa shape index (κ1) is 19.4. The molecule has 0 spiro atoms. The number of anilines is 1. The van der Waals surface area contributed by atoms with Crippen LogP contribution in [0.1, 0.15) is 32.8 Å². The van der Waals surface area contributed by atoms with Crippen LogP contribution in [0.3, 0.4) is 0 Å². The smallest absolute Gasteiger partial charge is 0.311 e. The van der Waals surface area contributed by atoms with E-state index in [-0.39, 0.29) is 18.1 Å². The second-order valence-electron chi connectivity index (χ2n) is 5.19. The number of hydrogen-bond acceptors (Lipinski definition) is 3. The molecule has 0 unspecified atom stereocenters. The van der Waals surface area contributed by atoms with Gasteiger partial charge in [-0.15, -0.1) is 0 Å². The Hall–Kier alpha value is -1.64. The largest absolute Gasteiger partial charge is 0.424 e. The highest BCUT2D eigenvalue weighted by molar-refractivity contribution is 9.10. The fourth-order valence-corrected chi connectivity index (χ4v) is 2.84. The molecule has 1 aromatic carbocycles. The van der Waals surface area contributed by atoms with E-state index in [9.17, 15) is 28.1 Å². The van der Waals surface area contributed by atoms with E-state index in [1.165, 1.54) is 4.90 Å². The lowest BCUT2D eigenvalue weighted by atomic mass is 10.1. The fraction of sp³-hybridized carbons (Fsp3) is 0.500. The summed E-state index contributed by atoms with van der Waals surface area (Å²) in [6, 6.07) is 1.94. The second kappa shape index (κ2) is 7.29. The van der Waals surface area contributed by atoms with E-state index in [2.05, 4.69) is 15.9 Å². The maximum Gasteiger partial charge on any atom is 0.424 e. The molecule has 1 amide bonds. The molecule has 9 heteroatoms. The molecule has 0 aliphatic carbocycles.